The van der Waals surface area contributed by atoms with E-state index in [-0.39, 0.29) is 11.9 Å². The van der Waals surface area contributed by atoms with E-state index in [2.05, 4.69) is 5.32 Å². The van der Waals surface area contributed by atoms with E-state index in [4.69, 9.17) is 34.8 Å². The highest BCUT2D eigenvalue weighted by Crippen LogP contribution is 2.42. The van der Waals surface area contributed by atoms with Crippen molar-refractivity contribution in [1.82, 2.24) is 5.32 Å². The first kappa shape index (κ1) is 18.6. The Kier molecular flexibility index (Phi) is 5.62. The Morgan fingerprint density at radius 3 is 2.20 bits per heavy atom. The number of amides is 1. The first-order chi connectivity index (χ1) is 11.9. The van der Waals surface area contributed by atoms with Crippen molar-refractivity contribution in [2.24, 2.45) is 0 Å². The lowest BCUT2D eigenvalue weighted by Crippen LogP contribution is -2.43. The van der Waals surface area contributed by atoms with E-state index < -0.39 is 5.41 Å². The van der Waals surface area contributed by atoms with Gasteiger partial charge < -0.3 is 5.32 Å². The maximum atomic E-state index is 13.2. The van der Waals surface area contributed by atoms with Gasteiger partial charge >= 0.3 is 0 Å². The number of hydrogen-bond donors (Lipinski definition) is 1. The molecule has 2 aromatic carbocycles. The van der Waals surface area contributed by atoms with Gasteiger partial charge in [-0.25, -0.2) is 0 Å². The van der Waals surface area contributed by atoms with Crippen LogP contribution in [0.4, 0.5) is 0 Å². The number of benzene rings is 2. The topological polar surface area (TPSA) is 29.1 Å². The monoisotopic (exact) mass is 395 g/mol. The molecule has 0 unspecified atom stereocenters. The zero-order chi connectivity index (χ0) is 18.0. The van der Waals surface area contributed by atoms with Crippen molar-refractivity contribution in [2.45, 2.75) is 44.1 Å². The molecule has 3 rings (SSSR count). The van der Waals surface area contributed by atoms with Crippen molar-refractivity contribution >= 4 is 40.7 Å². The lowest BCUT2D eigenvalue weighted by Gasteiger charge is -2.30. The van der Waals surface area contributed by atoms with Gasteiger partial charge in [0.15, 0.2) is 0 Å². The fraction of sp³-hybridized carbons (Fsp3) is 0.350. The van der Waals surface area contributed by atoms with Crippen molar-refractivity contribution in [3.63, 3.8) is 0 Å². The van der Waals surface area contributed by atoms with Crippen LogP contribution in [0.5, 0.6) is 0 Å². The molecule has 0 radical (unpaired) electrons. The van der Waals surface area contributed by atoms with Crippen molar-refractivity contribution in [1.29, 1.82) is 0 Å². The van der Waals surface area contributed by atoms with Gasteiger partial charge in [-0.1, -0.05) is 65.8 Å². The molecule has 0 spiro atoms. The third-order valence-corrected chi connectivity index (χ3v) is 5.88. The van der Waals surface area contributed by atoms with E-state index in [0.29, 0.717) is 15.1 Å². The number of nitrogens with one attached hydrogen (secondary N) is 1. The van der Waals surface area contributed by atoms with Crippen LogP contribution in [-0.2, 0) is 10.2 Å². The molecule has 2 nitrogen and oxygen atoms in total. The minimum Gasteiger partial charge on any atom is -0.349 e. The molecular formula is C20H20Cl3NO. The molecule has 0 heterocycles. The van der Waals surface area contributed by atoms with Crippen LogP contribution in [0.3, 0.4) is 0 Å². The maximum Gasteiger partial charge on any atom is 0.231 e. The fourth-order valence-electron chi connectivity index (χ4n) is 3.66. The van der Waals surface area contributed by atoms with Crippen LogP contribution in [0.1, 0.15) is 49.8 Å². The molecule has 5 heteroatoms. The summed E-state index contributed by atoms with van der Waals surface area (Å²) >= 11 is 18.3. The highest BCUT2D eigenvalue weighted by Gasteiger charge is 2.43. The van der Waals surface area contributed by atoms with Gasteiger partial charge in [-0.15, -0.1) is 0 Å². The zero-order valence-corrected chi connectivity index (χ0v) is 16.3. The van der Waals surface area contributed by atoms with E-state index in [1.165, 1.54) is 0 Å². The molecule has 2 aromatic rings. The molecule has 0 aliphatic heterocycles. The average molecular weight is 397 g/mol. The van der Waals surface area contributed by atoms with Gasteiger partial charge in [0.05, 0.1) is 11.5 Å². The predicted octanol–water partition coefficient (Wildman–Crippen LogP) is 6.34. The highest BCUT2D eigenvalue weighted by molar-refractivity contribution is 6.35. The molecule has 0 aromatic heterocycles. The molecule has 25 heavy (non-hydrogen) atoms. The first-order valence-corrected chi connectivity index (χ1v) is 9.58. The third-order valence-electron chi connectivity index (χ3n) is 5.07. The highest BCUT2D eigenvalue weighted by atomic mass is 35.5. The minimum absolute atomic E-state index is 0.0471. The molecule has 0 saturated heterocycles. The summed E-state index contributed by atoms with van der Waals surface area (Å²) in [6.07, 6.45) is 3.79. The van der Waals surface area contributed by atoms with Gasteiger partial charge in [0.1, 0.15) is 0 Å². The molecule has 1 atom stereocenters. The summed E-state index contributed by atoms with van der Waals surface area (Å²) in [6, 6.07) is 12.8. The summed E-state index contributed by atoms with van der Waals surface area (Å²) in [4.78, 5) is 13.2. The second-order valence-corrected chi connectivity index (χ2v) is 7.94. The van der Waals surface area contributed by atoms with Crippen LogP contribution in [0.25, 0.3) is 0 Å². The molecule has 1 saturated carbocycles. The van der Waals surface area contributed by atoms with Gasteiger partial charge in [0, 0.05) is 15.1 Å². The summed E-state index contributed by atoms with van der Waals surface area (Å²) in [5.74, 6) is 0.0471. The number of halogens is 3. The van der Waals surface area contributed by atoms with Gasteiger partial charge in [0.25, 0.3) is 0 Å². The smallest absolute Gasteiger partial charge is 0.231 e. The van der Waals surface area contributed by atoms with Crippen molar-refractivity contribution < 1.29 is 4.79 Å². The molecule has 1 N–H and O–H groups in total. The van der Waals surface area contributed by atoms with Crippen LogP contribution in [0.15, 0.2) is 42.5 Å². The van der Waals surface area contributed by atoms with E-state index in [1.54, 1.807) is 12.1 Å². The van der Waals surface area contributed by atoms with E-state index >= 15 is 0 Å². The van der Waals surface area contributed by atoms with Gasteiger partial charge in [0.2, 0.25) is 5.91 Å². The van der Waals surface area contributed by atoms with Crippen LogP contribution >= 0.6 is 34.8 Å². The molecule has 132 valence electrons. The Morgan fingerprint density at radius 1 is 1.00 bits per heavy atom. The first-order valence-electron chi connectivity index (χ1n) is 8.44. The summed E-state index contributed by atoms with van der Waals surface area (Å²) in [7, 11) is 0. The Bertz CT molecular complexity index is 767. The van der Waals surface area contributed by atoms with Crippen molar-refractivity contribution in [3.05, 3.63) is 68.7 Å². The summed E-state index contributed by atoms with van der Waals surface area (Å²) in [5.41, 5.74) is 1.41. The Labute approximate surface area is 163 Å². The SMILES string of the molecule is C[C@@H](NC(=O)C1(c2ccc(Cl)cc2)CCCC1)c1ccc(Cl)cc1Cl. The molecule has 1 aliphatic rings. The quantitative estimate of drug-likeness (QED) is 0.642. The number of carbonyl (C=O) groups is 1. The Balaban J connectivity index is 1.85. The number of rotatable bonds is 4. The third kappa shape index (κ3) is 3.81. The van der Waals surface area contributed by atoms with Gasteiger partial charge in [-0.2, -0.15) is 0 Å². The molecule has 1 amide bonds. The average Bonchev–Trinajstić information content (AvgIpc) is 3.06. The van der Waals surface area contributed by atoms with E-state index in [0.717, 1.165) is 36.8 Å². The summed E-state index contributed by atoms with van der Waals surface area (Å²) in [5, 5.41) is 4.98. The van der Waals surface area contributed by atoms with E-state index in [1.807, 2.05) is 37.3 Å². The normalized spacial score (nSPS) is 17.3. The lowest BCUT2D eigenvalue weighted by molar-refractivity contribution is -0.127. The largest absolute Gasteiger partial charge is 0.349 e. The van der Waals surface area contributed by atoms with Gasteiger partial charge in [-0.05, 0) is 55.2 Å². The van der Waals surface area contributed by atoms with Crippen LogP contribution in [0, 0.1) is 0 Å². The fourth-order valence-corrected chi connectivity index (χ4v) is 4.36. The molecular weight excluding hydrogens is 377 g/mol. The van der Waals surface area contributed by atoms with Crippen LogP contribution < -0.4 is 5.32 Å². The van der Waals surface area contributed by atoms with Crippen molar-refractivity contribution in [3.8, 4) is 0 Å². The predicted molar refractivity (Wildman–Crippen MR) is 105 cm³/mol. The number of carbonyl (C=O) groups excluding carboxylic acids is 1. The van der Waals surface area contributed by atoms with Gasteiger partial charge in [-0.3, -0.25) is 4.79 Å². The maximum absolute atomic E-state index is 13.2. The van der Waals surface area contributed by atoms with Crippen molar-refractivity contribution in [2.75, 3.05) is 0 Å². The van der Waals surface area contributed by atoms with Crippen LogP contribution in [0.2, 0.25) is 15.1 Å². The standard InChI is InChI=1S/C20H20Cl3NO/c1-13(17-9-8-16(22)12-18(17)23)24-19(25)20(10-2-3-11-20)14-4-6-15(21)7-5-14/h4-9,12-13H,2-3,10-11H2,1H3,(H,24,25)/t13-/m1/s1. The number of hydrogen-bond acceptors (Lipinski definition) is 1. The Morgan fingerprint density at radius 2 is 1.60 bits per heavy atom. The van der Waals surface area contributed by atoms with Crippen LogP contribution in [-0.4, -0.2) is 5.91 Å². The summed E-state index contributed by atoms with van der Waals surface area (Å²) < 4.78 is 0. The molecule has 1 aliphatic carbocycles. The Hall–Kier alpha value is -1.22. The molecule has 0 bridgehead atoms. The minimum atomic E-state index is -0.488. The van der Waals surface area contributed by atoms with E-state index in [9.17, 15) is 4.79 Å². The molecule has 1 fully saturated rings. The zero-order valence-electron chi connectivity index (χ0n) is 14.0. The lowest BCUT2D eigenvalue weighted by atomic mass is 9.77. The second kappa shape index (κ2) is 7.57. The second-order valence-electron chi connectivity index (χ2n) is 6.66. The summed E-state index contributed by atoms with van der Waals surface area (Å²) in [6.45, 7) is 1.94.